The number of rotatable bonds is 7. The fraction of sp³-hybridized carbons (Fsp3) is 0.0909. The summed E-state index contributed by atoms with van der Waals surface area (Å²) in [4.78, 5) is 24.3. The zero-order valence-electron chi connectivity index (χ0n) is 17.2. The van der Waals surface area contributed by atoms with E-state index < -0.39 is 27.6 Å². The van der Waals surface area contributed by atoms with Crippen LogP contribution in [0.1, 0.15) is 20.7 Å². The van der Waals surface area contributed by atoms with Crippen molar-refractivity contribution in [2.45, 2.75) is 4.90 Å². The molecular formula is C22H20N2O7S. The van der Waals surface area contributed by atoms with Gasteiger partial charge in [0.15, 0.2) is 0 Å². The Balaban J connectivity index is 1.90. The number of aromatic hydroxyl groups is 1. The molecule has 32 heavy (non-hydrogen) atoms. The van der Waals surface area contributed by atoms with E-state index in [9.17, 15) is 23.1 Å². The number of benzene rings is 3. The number of esters is 1. The van der Waals surface area contributed by atoms with Crippen molar-refractivity contribution in [1.82, 2.24) is 0 Å². The molecule has 3 aromatic rings. The predicted octanol–water partition coefficient (Wildman–Crippen LogP) is 3.24. The number of methoxy groups -OCH3 is 2. The summed E-state index contributed by atoms with van der Waals surface area (Å²) >= 11 is 0. The number of carbonyl (C=O) groups is 2. The number of ether oxygens (including phenoxy) is 2. The first-order valence-corrected chi connectivity index (χ1v) is 10.7. The highest BCUT2D eigenvalue weighted by atomic mass is 32.2. The average Bonchev–Trinajstić information content (AvgIpc) is 2.78. The highest BCUT2D eigenvalue weighted by Crippen LogP contribution is 2.26. The number of anilines is 2. The zero-order chi connectivity index (χ0) is 23.3. The monoisotopic (exact) mass is 456 g/mol. The van der Waals surface area contributed by atoms with E-state index in [1.54, 1.807) is 36.4 Å². The smallest absolute Gasteiger partial charge is 0.341 e. The molecule has 0 aromatic heterocycles. The Kier molecular flexibility index (Phi) is 6.64. The second-order valence-corrected chi connectivity index (χ2v) is 8.19. The number of phenolic OH excluding ortho intramolecular Hbond substituents is 1. The fourth-order valence-corrected chi connectivity index (χ4v) is 3.93. The van der Waals surface area contributed by atoms with E-state index in [-0.39, 0.29) is 21.7 Å². The van der Waals surface area contributed by atoms with Crippen LogP contribution < -0.4 is 14.8 Å². The number of carbonyl (C=O) groups excluding carboxylic acids is 2. The third kappa shape index (κ3) is 4.98. The molecular weight excluding hydrogens is 436 g/mol. The molecule has 1 amide bonds. The van der Waals surface area contributed by atoms with Gasteiger partial charge in [0.25, 0.3) is 15.9 Å². The van der Waals surface area contributed by atoms with Gasteiger partial charge < -0.3 is 19.9 Å². The molecule has 9 nitrogen and oxygen atoms in total. The second kappa shape index (κ2) is 9.40. The van der Waals surface area contributed by atoms with E-state index in [1.165, 1.54) is 19.2 Å². The summed E-state index contributed by atoms with van der Waals surface area (Å²) in [7, 11) is -1.59. The zero-order valence-corrected chi connectivity index (χ0v) is 18.0. The molecule has 0 bridgehead atoms. The molecule has 0 heterocycles. The van der Waals surface area contributed by atoms with Crippen molar-refractivity contribution in [3.8, 4) is 11.5 Å². The summed E-state index contributed by atoms with van der Waals surface area (Å²) < 4.78 is 37.8. The van der Waals surface area contributed by atoms with Crippen LogP contribution in [0.25, 0.3) is 0 Å². The number of hydrogen-bond donors (Lipinski definition) is 3. The summed E-state index contributed by atoms with van der Waals surface area (Å²) in [5.74, 6) is -1.31. The molecule has 0 aliphatic carbocycles. The number of hydrogen-bond acceptors (Lipinski definition) is 7. The minimum absolute atomic E-state index is 0.0283. The second-order valence-electron chi connectivity index (χ2n) is 6.51. The Morgan fingerprint density at radius 1 is 0.906 bits per heavy atom. The van der Waals surface area contributed by atoms with Crippen LogP contribution in [0.3, 0.4) is 0 Å². The van der Waals surface area contributed by atoms with E-state index >= 15 is 0 Å². The van der Waals surface area contributed by atoms with Gasteiger partial charge in [0.1, 0.15) is 17.1 Å². The molecule has 0 fully saturated rings. The summed E-state index contributed by atoms with van der Waals surface area (Å²) in [6.07, 6.45) is 0. The van der Waals surface area contributed by atoms with Gasteiger partial charge in [-0.1, -0.05) is 18.2 Å². The topological polar surface area (TPSA) is 131 Å². The van der Waals surface area contributed by atoms with Gasteiger partial charge in [0.2, 0.25) is 0 Å². The molecule has 3 rings (SSSR count). The first-order valence-electron chi connectivity index (χ1n) is 9.23. The fourth-order valence-electron chi connectivity index (χ4n) is 2.83. The molecule has 0 aliphatic heterocycles. The SMILES string of the molecule is COC(=O)c1cc(S(=O)(=O)Nc2ccccc2C(=O)Nc2cccc(OC)c2)ccc1O. The van der Waals surface area contributed by atoms with Gasteiger partial charge in [-0.25, -0.2) is 13.2 Å². The molecule has 0 unspecified atom stereocenters. The minimum Gasteiger partial charge on any atom is -0.507 e. The van der Waals surface area contributed by atoms with E-state index in [2.05, 4.69) is 14.8 Å². The van der Waals surface area contributed by atoms with Crippen LogP contribution in [0.5, 0.6) is 11.5 Å². The Labute approximate surface area is 184 Å². The lowest BCUT2D eigenvalue weighted by Gasteiger charge is -2.14. The van der Waals surface area contributed by atoms with Crippen LogP contribution in [-0.4, -0.2) is 39.6 Å². The lowest BCUT2D eigenvalue weighted by Crippen LogP contribution is -2.19. The lowest BCUT2D eigenvalue weighted by atomic mass is 10.1. The van der Waals surface area contributed by atoms with Crippen molar-refractivity contribution in [3.05, 3.63) is 77.9 Å². The van der Waals surface area contributed by atoms with Gasteiger partial charge in [-0.05, 0) is 42.5 Å². The molecule has 10 heteroatoms. The van der Waals surface area contributed by atoms with Crippen LogP contribution in [0.4, 0.5) is 11.4 Å². The summed E-state index contributed by atoms with van der Waals surface area (Å²) in [5, 5.41) is 12.5. The van der Waals surface area contributed by atoms with Crippen molar-refractivity contribution in [1.29, 1.82) is 0 Å². The van der Waals surface area contributed by atoms with Gasteiger partial charge in [-0.2, -0.15) is 0 Å². The largest absolute Gasteiger partial charge is 0.507 e. The first-order chi connectivity index (χ1) is 15.2. The number of amides is 1. The summed E-state index contributed by atoms with van der Waals surface area (Å²) in [5.41, 5.74) is 0.263. The van der Waals surface area contributed by atoms with Gasteiger partial charge in [-0.3, -0.25) is 9.52 Å². The van der Waals surface area contributed by atoms with Gasteiger partial charge in [0.05, 0.1) is 30.4 Å². The third-order valence-electron chi connectivity index (χ3n) is 4.43. The molecule has 0 aliphatic rings. The first kappa shape index (κ1) is 22.6. The van der Waals surface area contributed by atoms with E-state index in [4.69, 9.17) is 4.74 Å². The van der Waals surface area contributed by atoms with Crippen molar-refractivity contribution in [3.63, 3.8) is 0 Å². The van der Waals surface area contributed by atoms with E-state index in [1.807, 2.05) is 0 Å². The maximum Gasteiger partial charge on any atom is 0.341 e. The van der Waals surface area contributed by atoms with Crippen molar-refractivity contribution >= 4 is 33.3 Å². The molecule has 0 radical (unpaired) electrons. The standard InChI is InChI=1S/C22H20N2O7S/c1-30-15-7-5-6-14(12-15)23-21(26)17-8-3-4-9-19(17)24-32(28,29)16-10-11-20(25)18(13-16)22(27)31-2/h3-13,24-25H,1-2H3,(H,23,26). The number of sulfonamides is 1. The maximum absolute atomic E-state index is 12.9. The van der Waals surface area contributed by atoms with Gasteiger partial charge >= 0.3 is 5.97 Å². The minimum atomic E-state index is -4.20. The third-order valence-corrected chi connectivity index (χ3v) is 5.79. The number of phenols is 1. The Morgan fingerprint density at radius 3 is 2.38 bits per heavy atom. The highest BCUT2D eigenvalue weighted by molar-refractivity contribution is 7.92. The van der Waals surface area contributed by atoms with Crippen molar-refractivity contribution in [2.24, 2.45) is 0 Å². The Hall–Kier alpha value is -4.05. The average molecular weight is 456 g/mol. The summed E-state index contributed by atoms with van der Waals surface area (Å²) in [6.45, 7) is 0. The Bertz CT molecular complexity index is 1270. The molecule has 0 spiro atoms. The lowest BCUT2D eigenvalue weighted by molar-refractivity contribution is 0.0597. The van der Waals surface area contributed by atoms with Crippen molar-refractivity contribution in [2.75, 3.05) is 24.3 Å². The maximum atomic E-state index is 12.9. The highest BCUT2D eigenvalue weighted by Gasteiger charge is 2.22. The van der Waals surface area contributed by atoms with Gasteiger partial charge in [0, 0.05) is 11.8 Å². The van der Waals surface area contributed by atoms with E-state index in [0.717, 1.165) is 25.3 Å². The number of para-hydroxylation sites is 1. The number of nitrogens with one attached hydrogen (secondary N) is 2. The molecule has 0 atom stereocenters. The van der Waals surface area contributed by atoms with Crippen LogP contribution in [0, 0.1) is 0 Å². The van der Waals surface area contributed by atoms with Crippen LogP contribution in [-0.2, 0) is 14.8 Å². The van der Waals surface area contributed by atoms with Crippen LogP contribution >= 0.6 is 0 Å². The van der Waals surface area contributed by atoms with Crippen molar-refractivity contribution < 1.29 is 32.6 Å². The molecule has 0 saturated carbocycles. The van der Waals surface area contributed by atoms with Crippen LogP contribution in [0.15, 0.2) is 71.6 Å². The summed E-state index contributed by atoms with van der Waals surface area (Å²) in [6, 6.07) is 15.9. The molecule has 3 N–H and O–H groups in total. The molecule has 0 saturated heterocycles. The van der Waals surface area contributed by atoms with E-state index in [0.29, 0.717) is 11.4 Å². The quantitative estimate of drug-likeness (QED) is 0.465. The normalized spacial score (nSPS) is 10.8. The van der Waals surface area contributed by atoms with Crippen LogP contribution in [0.2, 0.25) is 0 Å². The molecule has 166 valence electrons. The predicted molar refractivity (Wildman–Crippen MR) is 118 cm³/mol. The van der Waals surface area contributed by atoms with Gasteiger partial charge in [-0.15, -0.1) is 0 Å². The molecule has 3 aromatic carbocycles. The Morgan fingerprint density at radius 2 is 1.66 bits per heavy atom.